The van der Waals surface area contributed by atoms with Crippen molar-refractivity contribution in [3.05, 3.63) is 21.9 Å². The SMILES string of the molecule is CCCOCC(=O)NCc1sccc1C#CCCO. The quantitative estimate of drug-likeness (QED) is 0.588. The van der Waals surface area contributed by atoms with Crippen LogP contribution in [0.4, 0.5) is 0 Å². The first-order valence-electron chi connectivity index (χ1n) is 6.28. The Balaban J connectivity index is 2.39. The van der Waals surface area contributed by atoms with Crippen molar-refractivity contribution in [2.45, 2.75) is 26.3 Å². The predicted octanol–water partition coefficient (Wildman–Crippen LogP) is 1.52. The molecule has 0 fully saturated rings. The minimum absolute atomic E-state index is 0.0674. The molecule has 4 nitrogen and oxygen atoms in total. The molecule has 0 radical (unpaired) electrons. The molecule has 0 aliphatic carbocycles. The highest BCUT2D eigenvalue weighted by Gasteiger charge is 2.05. The Bertz CT molecular complexity index is 445. The molecule has 0 atom stereocenters. The first-order chi connectivity index (χ1) is 9.27. The Morgan fingerprint density at radius 3 is 3.16 bits per heavy atom. The van der Waals surface area contributed by atoms with E-state index in [0.29, 0.717) is 19.6 Å². The molecule has 5 heteroatoms. The van der Waals surface area contributed by atoms with Crippen LogP contribution in [0.5, 0.6) is 0 Å². The van der Waals surface area contributed by atoms with Gasteiger partial charge in [0.1, 0.15) is 6.61 Å². The van der Waals surface area contributed by atoms with E-state index in [-0.39, 0.29) is 19.1 Å². The topological polar surface area (TPSA) is 58.6 Å². The Morgan fingerprint density at radius 1 is 1.58 bits per heavy atom. The first-order valence-corrected chi connectivity index (χ1v) is 7.16. The molecule has 0 saturated carbocycles. The number of carbonyl (C=O) groups excluding carboxylic acids is 1. The summed E-state index contributed by atoms with van der Waals surface area (Å²) in [5, 5.41) is 13.4. The maximum atomic E-state index is 11.5. The summed E-state index contributed by atoms with van der Waals surface area (Å²) in [5.74, 6) is 5.75. The zero-order chi connectivity index (χ0) is 13.9. The fourth-order valence-corrected chi connectivity index (χ4v) is 2.11. The number of thiophene rings is 1. The molecule has 1 aromatic rings. The van der Waals surface area contributed by atoms with Crippen LogP contribution in [0.25, 0.3) is 0 Å². The summed E-state index contributed by atoms with van der Waals surface area (Å²) in [5.41, 5.74) is 0.910. The van der Waals surface area contributed by atoms with Gasteiger partial charge in [0.2, 0.25) is 5.91 Å². The summed E-state index contributed by atoms with van der Waals surface area (Å²) in [6.45, 7) is 3.24. The average Bonchev–Trinajstić information content (AvgIpc) is 2.85. The van der Waals surface area contributed by atoms with Crippen LogP contribution in [0.2, 0.25) is 0 Å². The lowest BCUT2D eigenvalue weighted by Crippen LogP contribution is -2.27. The van der Waals surface area contributed by atoms with E-state index in [9.17, 15) is 4.79 Å². The van der Waals surface area contributed by atoms with Gasteiger partial charge in [-0.2, -0.15) is 0 Å². The van der Waals surface area contributed by atoms with E-state index in [1.807, 2.05) is 18.4 Å². The van der Waals surface area contributed by atoms with Gasteiger partial charge >= 0.3 is 0 Å². The Morgan fingerprint density at radius 2 is 2.42 bits per heavy atom. The van der Waals surface area contributed by atoms with E-state index in [4.69, 9.17) is 9.84 Å². The number of hydrogen-bond donors (Lipinski definition) is 2. The molecule has 104 valence electrons. The Labute approximate surface area is 117 Å². The minimum atomic E-state index is -0.115. The summed E-state index contributed by atoms with van der Waals surface area (Å²) in [4.78, 5) is 12.5. The van der Waals surface area contributed by atoms with Gasteiger partial charge < -0.3 is 15.2 Å². The van der Waals surface area contributed by atoms with Crippen molar-refractivity contribution in [2.24, 2.45) is 0 Å². The predicted molar refractivity (Wildman–Crippen MR) is 75.9 cm³/mol. The van der Waals surface area contributed by atoms with Crippen LogP contribution in [-0.4, -0.2) is 30.8 Å². The Kier molecular flexibility index (Phi) is 7.91. The highest BCUT2D eigenvalue weighted by Crippen LogP contribution is 2.15. The van der Waals surface area contributed by atoms with Gasteiger partial charge in [-0.15, -0.1) is 11.3 Å². The first kappa shape index (κ1) is 15.7. The second kappa shape index (κ2) is 9.56. The van der Waals surface area contributed by atoms with E-state index in [1.165, 1.54) is 0 Å². The monoisotopic (exact) mass is 281 g/mol. The lowest BCUT2D eigenvalue weighted by atomic mass is 10.2. The Hall–Kier alpha value is -1.35. The maximum absolute atomic E-state index is 11.5. The summed E-state index contributed by atoms with van der Waals surface area (Å²) in [6, 6.07) is 1.92. The van der Waals surface area contributed by atoms with Crippen molar-refractivity contribution in [1.29, 1.82) is 0 Å². The van der Waals surface area contributed by atoms with Crippen LogP contribution in [0.3, 0.4) is 0 Å². The van der Waals surface area contributed by atoms with E-state index in [0.717, 1.165) is 16.9 Å². The standard InChI is InChI=1S/C14H19NO3S/c1-2-8-18-11-14(17)15-10-13-12(6-9-19-13)5-3-4-7-16/h6,9,16H,2,4,7-8,10-11H2,1H3,(H,15,17). The number of rotatable bonds is 7. The third-order valence-electron chi connectivity index (χ3n) is 2.23. The number of nitrogens with one attached hydrogen (secondary N) is 1. The lowest BCUT2D eigenvalue weighted by Gasteiger charge is -2.04. The number of aliphatic hydroxyl groups is 1. The van der Waals surface area contributed by atoms with Crippen LogP contribution in [0.15, 0.2) is 11.4 Å². The van der Waals surface area contributed by atoms with Crippen molar-refractivity contribution in [2.75, 3.05) is 19.8 Å². The van der Waals surface area contributed by atoms with Crippen LogP contribution >= 0.6 is 11.3 Å². The molecule has 2 N–H and O–H groups in total. The number of carbonyl (C=O) groups is 1. The van der Waals surface area contributed by atoms with Gasteiger partial charge in [0.15, 0.2) is 0 Å². The van der Waals surface area contributed by atoms with Crippen molar-refractivity contribution >= 4 is 17.2 Å². The summed E-state index contributed by atoms with van der Waals surface area (Å²) in [6.07, 6.45) is 1.37. The smallest absolute Gasteiger partial charge is 0.246 e. The molecular formula is C14H19NO3S. The minimum Gasteiger partial charge on any atom is -0.395 e. The lowest BCUT2D eigenvalue weighted by molar-refractivity contribution is -0.125. The van der Waals surface area contributed by atoms with E-state index >= 15 is 0 Å². The summed E-state index contributed by atoms with van der Waals surface area (Å²) >= 11 is 1.56. The molecule has 1 amide bonds. The van der Waals surface area contributed by atoms with Gasteiger partial charge in [-0.25, -0.2) is 0 Å². The highest BCUT2D eigenvalue weighted by molar-refractivity contribution is 7.10. The van der Waals surface area contributed by atoms with Crippen molar-refractivity contribution in [1.82, 2.24) is 5.32 Å². The third kappa shape index (κ3) is 6.39. The van der Waals surface area contributed by atoms with Gasteiger partial charge in [0, 0.05) is 23.5 Å². The van der Waals surface area contributed by atoms with Crippen molar-refractivity contribution in [3.63, 3.8) is 0 Å². The van der Waals surface area contributed by atoms with Gasteiger partial charge in [0.05, 0.1) is 13.2 Å². The number of amides is 1. The van der Waals surface area contributed by atoms with Crippen LogP contribution < -0.4 is 5.32 Å². The normalized spacial score (nSPS) is 9.79. The van der Waals surface area contributed by atoms with E-state index < -0.39 is 0 Å². The van der Waals surface area contributed by atoms with Gasteiger partial charge in [-0.3, -0.25) is 4.79 Å². The van der Waals surface area contributed by atoms with Crippen molar-refractivity contribution in [3.8, 4) is 11.8 Å². The average molecular weight is 281 g/mol. The molecule has 0 unspecified atom stereocenters. The molecule has 0 saturated heterocycles. The fourth-order valence-electron chi connectivity index (χ4n) is 1.34. The highest BCUT2D eigenvalue weighted by atomic mass is 32.1. The van der Waals surface area contributed by atoms with Crippen LogP contribution in [0.1, 0.15) is 30.2 Å². The molecular weight excluding hydrogens is 262 g/mol. The second-order valence-electron chi connectivity index (χ2n) is 3.86. The molecule has 1 heterocycles. The molecule has 0 aliphatic rings. The maximum Gasteiger partial charge on any atom is 0.246 e. The number of aliphatic hydroxyl groups excluding tert-OH is 1. The van der Waals surface area contributed by atoms with Gasteiger partial charge in [-0.05, 0) is 17.9 Å². The largest absolute Gasteiger partial charge is 0.395 e. The van der Waals surface area contributed by atoms with E-state index in [1.54, 1.807) is 11.3 Å². The molecule has 0 bridgehead atoms. The third-order valence-corrected chi connectivity index (χ3v) is 3.15. The molecule has 0 spiro atoms. The molecule has 0 aliphatic heterocycles. The van der Waals surface area contributed by atoms with Crippen LogP contribution in [-0.2, 0) is 16.1 Å². The second-order valence-corrected chi connectivity index (χ2v) is 4.86. The summed E-state index contributed by atoms with van der Waals surface area (Å²) < 4.78 is 5.16. The van der Waals surface area contributed by atoms with Gasteiger partial charge in [0.25, 0.3) is 0 Å². The van der Waals surface area contributed by atoms with Crippen molar-refractivity contribution < 1.29 is 14.6 Å². The summed E-state index contributed by atoms with van der Waals surface area (Å²) in [7, 11) is 0. The zero-order valence-electron chi connectivity index (χ0n) is 11.1. The molecule has 1 aromatic heterocycles. The fraction of sp³-hybridized carbons (Fsp3) is 0.500. The molecule has 19 heavy (non-hydrogen) atoms. The number of ether oxygens (including phenoxy) is 1. The zero-order valence-corrected chi connectivity index (χ0v) is 11.9. The molecule has 1 rings (SSSR count). The van der Waals surface area contributed by atoms with Gasteiger partial charge in [-0.1, -0.05) is 18.8 Å². The van der Waals surface area contributed by atoms with E-state index in [2.05, 4.69) is 17.2 Å². The molecule has 0 aromatic carbocycles. The van der Waals surface area contributed by atoms with Crippen LogP contribution in [0, 0.1) is 11.8 Å². The number of hydrogen-bond acceptors (Lipinski definition) is 4.